The second-order valence-electron chi connectivity index (χ2n) is 7.27. The fraction of sp³-hybridized carbons (Fsp3) is 0.174. The van der Waals surface area contributed by atoms with E-state index in [4.69, 9.17) is 33.7 Å². The highest BCUT2D eigenvalue weighted by Gasteiger charge is 2.51. The van der Waals surface area contributed by atoms with Crippen molar-refractivity contribution in [2.24, 2.45) is 10.7 Å². The quantitative estimate of drug-likeness (QED) is 0.315. The first-order valence-electron chi connectivity index (χ1n) is 9.89. The molecule has 2 aromatic carbocycles. The largest absolute Gasteiger partial charge is 0.508 e. The maximum absolute atomic E-state index is 12.7. The number of halogens is 2. The third-order valence-corrected chi connectivity index (χ3v) is 5.55. The average molecular weight is 489 g/mol. The smallest absolute Gasteiger partial charge is 0.255 e. The second kappa shape index (κ2) is 10.4. The molecule has 2 aromatic rings. The number of aromatic hydroxyl groups is 1. The summed E-state index contributed by atoms with van der Waals surface area (Å²) in [6, 6.07) is 9.36. The second-order valence-corrected chi connectivity index (χ2v) is 8.09. The molecule has 2 amide bonds. The number of carbonyl (C=O) groups excluding carboxylic acids is 2. The molecule has 10 heteroatoms. The molecule has 0 atom stereocenters. The van der Waals surface area contributed by atoms with Gasteiger partial charge in [-0.05, 0) is 42.7 Å². The lowest BCUT2D eigenvalue weighted by Crippen LogP contribution is -2.49. The number of phenolic OH excluding ortho intramolecular Hbond substituents is 1. The van der Waals surface area contributed by atoms with Gasteiger partial charge in [0.1, 0.15) is 22.8 Å². The monoisotopic (exact) mass is 488 g/mol. The highest BCUT2D eigenvalue weighted by atomic mass is 35.5. The Balaban J connectivity index is 1.60. The minimum absolute atomic E-state index is 0.0289. The van der Waals surface area contributed by atoms with E-state index in [1.165, 1.54) is 30.6 Å². The number of ether oxygens (including phenoxy) is 1. The fourth-order valence-electron chi connectivity index (χ4n) is 2.91. The summed E-state index contributed by atoms with van der Waals surface area (Å²) >= 11 is 12.4. The number of nitrogens with zero attached hydrogens (tertiary/aromatic N) is 1. The van der Waals surface area contributed by atoms with Crippen LogP contribution in [-0.2, 0) is 16.1 Å². The van der Waals surface area contributed by atoms with Gasteiger partial charge >= 0.3 is 0 Å². The molecule has 1 aliphatic carbocycles. The summed E-state index contributed by atoms with van der Waals surface area (Å²) in [6.45, 7) is 3.60. The van der Waals surface area contributed by atoms with E-state index in [2.05, 4.69) is 22.2 Å². The van der Waals surface area contributed by atoms with Crippen molar-refractivity contribution in [1.29, 1.82) is 0 Å². The molecule has 8 nitrogen and oxygen atoms in total. The number of hydrogen-bond acceptors (Lipinski definition) is 6. The van der Waals surface area contributed by atoms with Crippen molar-refractivity contribution in [3.05, 3.63) is 76.6 Å². The Hall–Kier alpha value is -3.49. The number of nitrogens with two attached hydrogens (primary N) is 1. The van der Waals surface area contributed by atoms with Crippen LogP contribution in [0.25, 0.3) is 0 Å². The van der Waals surface area contributed by atoms with Crippen LogP contribution in [0.2, 0.25) is 10.0 Å². The topological polar surface area (TPSA) is 126 Å². The van der Waals surface area contributed by atoms with Crippen LogP contribution in [0, 0.1) is 0 Å². The fourth-order valence-corrected chi connectivity index (χ4v) is 3.36. The Morgan fingerprint density at radius 3 is 2.58 bits per heavy atom. The zero-order valence-corrected chi connectivity index (χ0v) is 19.0. The highest BCUT2D eigenvalue weighted by Crippen LogP contribution is 2.36. The molecule has 0 heterocycles. The molecule has 0 bridgehead atoms. The third-order valence-electron chi connectivity index (χ3n) is 4.91. The summed E-state index contributed by atoms with van der Waals surface area (Å²) in [5.74, 6) is 0.0162. The van der Waals surface area contributed by atoms with E-state index in [0.717, 1.165) is 6.20 Å². The lowest BCUT2D eigenvalue weighted by molar-refractivity contribution is -0.128. The summed E-state index contributed by atoms with van der Waals surface area (Å²) in [5.41, 5.74) is 5.27. The zero-order chi connectivity index (χ0) is 24.0. The van der Waals surface area contributed by atoms with Crippen LogP contribution in [0.15, 0.2) is 65.9 Å². The summed E-state index contributed by atoms with van der Waals surface area (Å²) in [7, 11) is 0. The first-order valence-corrected chi connectivity index (χ1v) is 10.6. The standard InChI is InChI=1S/C23H22Cl2N4O4/c1-2-27-12-15(11-26)21(31)29-23(7-8-23)22(32)28-13-14-3-5-17(10-18(14)24)33-20-6-4-16(30)9-19(20)25/h2-6,9-12,30H,1,7-8,13,26H2,(H,28,32)(H,29,31)/b15-11+,27-12-. The minimum atomic E-state index is -0.988. The van der Waals surface area contributed by atoms with Gasteiger partial charge in [-0.1, -0.05) is 35.8 Å². The van der Waals surface area contributed by atoms with Crippen molar-refractivity contribution in [2.45, 2.75) is 24.9 Å². The number of aliphatic imine (C=N–C) groups is 1. The number of benzene rings is 2. The molecule has 5 N–H and O–H groups in total. The van der Waals surface area contributed by atoms with E-state index in [9.17, 15) is 14.7 Å². The minimum Gasteiger partial charge on any atom is -0.508 e. The van der Waals surface area contributed by atoms with Crippen LogP contribution in [0.3, 0.4) is 0 Å². The molecule has 1 aliphatic rings. The molecule has 0 saturated heterocycles. The average Bonchev–Trinajstić information content (AvgIpc) is 3.56. The van der Waals surface area contributed by atoms with Gasteiger partial charge in [0.2, 0.25) is 5.91 Å². The van der Waals surface area contributed by atoms with Gasteiger partial charge in [-0.15, -0.1) is 0 Å². The lowest BCUT2D eigenvalue weighted by atomic mass is 10.1. The van der Waals surface area contributed by atoms with Gasteiger partial charge in [0.05, 0.1) is 10.6 Å². The van der Waals surface area contributed by atoms with Crippen molar-refractivity contribution >= 4 is 41.2 Å². The molecule has 0 aromatic heterocycles. The number of carbonyl (C=O) groups is 2. The molecule has 33 heavy (non-hydrogen) atoms. The number of amides is 2. The number of hydrogen-bond donors (Lipinski definition) is 4. The Morgan fingerprint density at radius 2 is 1.97 bits per heavy atom. The van der Waals surface area contributed by atoms with Crippen LogP contribution in [-0.4, -0.2) is 28.7 Å². The Bertz CT molecular complexity index is 1140. The highest BCUT2D eigenvalue weighted by molar-refractivity contribution is 6.32. The summed E-state index contributed by atoms with van der Waals surface area (Å²) in [6.07, 6.45) is 4.68. The van der Waals surface area contributed by atoms with Crippen LogP contribution >= 0.6 is 23.2 Å². The Morgan fingerprint density at radius 1 is 1.21 bits per heavy atom. The van der Waals surface area contributed by atoms with Crippen LogP contribution in [0.1, 0.15) is 18.4 Å². The maximum Gasteiger partial charge on any atom is 0.255 e. The van der Waals surface area contributed by atoms with Gasteiger partial charge in [-0.3, -0.25) is 14.6 Å². The number of phenols is 1. The van der Waals surface area contributed by atoms with Crippen LogP contribution in [0.5, 0.6) is 17.2 Å². The first kappa shape index (κ1) is 24.2. The molecule has 0 aliphatic heterocycles. The molecular formula is C23H22Cl2N4O4. The van der Waals surface area contributed by atoms with Gasteiger partial charge in [0, 0.05) is 36.2 Å². The molecule has 1 saturated carbocycles. The molecular weight excluding hydrogens is 467 g/mol. The zero-order valence-electron chi connectivity index (χ0n) is 17.5. The van der Waals surface area contributed by atoms with Gasteiger partial charge in [-0.25, -0.2) is 0 Å². The van der Waals surface area contributed by atoms with E-state index >= 15 is 0 Å². The van der Waals surface area contributed by atoms with Crippen molar-refractivity contribution in [1.82, 2.24) is 10.6 Å². The van der Waals surface area contributed by atoms with Gasteiger partial charge in [0.25, 0.3) is 5.91 Å². The Labute approximate surface area is 200 Å². The summed E-state index contributed by atoms with van der Waals surface area (Å²) in [5, 5.41) is 15.6. The van der Waals surface area contributed by atoms with Crippen molar-refractivity contribution in [3.8, 4) is 17.2 Å². The normalized spacial score (nSPS) is 14.5. The van der Waals surface area contributed by atoms with Crippen molar-refractivity contribution < 1.29 is 19.4 Å². The molecule has 3 rings (SSSR count). The predicted molar refractivity (Wildman–Crippen MR) is 128 cm³/mol. The van der Waals surface area contributed by atoms with E-state index in [0.29, 0.717) is 34.9 Å². The summed E-state index contributed by atoms with van der Waals surface area (Å²) in [4.78, 5) is 28.9. The molecule has 1 fully saturated rings. The van der Waals surface area contributed by atoms with E-state index in [-0.39, 0.29) is 28.8 Å². The van der Waals surface area contributed by atoms with Crippen molar-refractivity contribution in [3.63, 3.8) is 0 Å². The van der Waals surface area contributed by atoms with Gasteiger partial charge in [0.15, 0.2) is 0 Å². The lowest BCUT2D eigenvalue weighted by Gasteiger charge is -2.18. The van der Waals surface area contributed by atoms with Crippen LogP contribution in [0.4, 0.5) is 0 Å². The van der Waals surface area contributed by atoms with E-state index in [1.54, 1.807) is 18.2 Å². The summed E-state index contributed by atoms with van der Waals surface area (Å²) < 4.78 is 5.70. The first-order chi connectivity index (χ1) is 15.8. The number of nitrogens with one attached hydrogen (secondary N) is 2. The SMILES string of the molecule is C=C/N=C\C(=C/N)C(=O)NC1(C(=O)NCc2ccc(Oc3ccc(O)cc3Cl)cc2Cl)CC1. The van der Waals surface area contributed by atoms with Crippen LogP contribution < -0.4 is 21.1 Å². The van der Waals surface area contributed by atoms with E-state index in [1.807, 2.05) is 0 Å². The molecule has 0 spiro atoms. The van der Waals surface area contributed by atoms with E-state index < -0.39 is 11.4 Å². The van der Waals surface area contributed by atoms with Gasteiger partial charge in [-0.2, -0.15) is 0 Å². The third kappa shape index (κ3) is 6.06. The maximum atomic E-state index is 12.7. The van der Waals surface area contributed by atoms with Gasteiger partial charge < -0.3 is 26.2 Å². The molecule has 0 unspecified atom stereocenters. The predicted octanol–water partition coefficient (Wildman–Crippen LogP) is 3.81. The molecule has 0 radical (unpaired) electrons. The van der Waals surface area contributed by atoms with Crippen molar-refractivity contribution in [2.75, 3.05) is 0 Å². The molecule has 172 valence electrons. The number of rotatable bonds is 9. The Kier molecular flexibility index (Phi) is 7.63.